The average molecular weight is 292 g/mol. The van der Waals surface area contributed by atoms with Gasteiger partial charge in [0.2, 0.25) is 0 Å². The zero-order chi connectivity index (χ0) is 15.0. The van der Waals surface area contributed by atoms with Crippen LogP contribution in [0.3, 0.4) is 0 Å². The summed E-state index contributed by atoms with van der Waals surface area (Å²) in [5, 5.41) is 0. The number of esters is 1. The van der Waals surface area contributed by atoms with E-state index in [1.165, 1.54) is 0 Å². The summed E-state index contributed by atoms with van der Waals surface area (Å²) in [6, 6.07) is 4.86. The fourth-order valence-corrected chi connectivity index (χ4v) is 2.24. The van der Waals surface area contributed by atoms with Crippen molar-refractivity contribution in [1.29, 1.82) is 0 Å². The Morgan fingerprint density at radius 2 is 1.90 bits per heavy atom. The van der Waals surface area contributed by atoms with Crippen LogP contribution in [0.15, 0.2) is 30.5 Å². The van der Waals surface area contributed by atoms with Crippen LogP contribution in [0, 0.1) is 11.6 Å². The van der Waals surface area contributed by atoms with Crippen molar-refractivity contribution in [3.8, 4) is 0 Å². The van der Waals surface area contributed by atoms with Crippen molar-refractivity contribution < 1.29 is 18.3 Å². The molecule has 1 aromatic heterocycles. The van der Waals surface area contributed by atoms with E-state index >= 15 is 0 Å². The van der Waals surface area contributed by atoms with Crippen LogP contribution in [-0.4, -0.2) is 10.5 Å². The number of nitrogen functional groups attached to an aromatic ring is 1. The lowest BCUT2D eigenvalue weighted by molar-refractivity contribution is 0.0459. The normalized spacial score (nSPS) is 14.2. The number of aromatic nitrogens is 1. The van der Waals surface area contributed by atoms with E-state index in [0.29, 0.717) is 11.4 Å². The Morgan fingerprint density at radius 3 is 2.52 bits per heavy atom. The molecule has 1 aliphatic carbocycles. The van der Waals surface area contributed by atoms with Gasteiger partial charge in [0.25, 0.3) is 0 Å². The summed E-state index contributed by atoms with van der Waals surface area (Å²) < 4.78 is 33.0. The largest absolute Gasteiger partial charge is 0.456 e. The van der Waals surface area contributed by atoms with Crippen LogP contribution in [0.1, 0.15) is 34.9 Å². The lowest BCUT2D eigenvalue weighted by Crippen LogP contribution is -2.11. The number of nitrogens with zero attached hydrogens (tertiary/aromatic N) is 1. The molecule has 0 bridgehead atoms. The van der Waals surface area contributed by atoms with Crippen molar-refractivity contribution in [3.05, 3.63) is 53.4 Å². The molecule has 0 spiro atoms. The predicted molar refractivity (Wildman–Crippen MR) is 72.6 cm³/mol. The number of nitrogens with two attached hydrogens (primary N) is 1. The number of ether oxygens (including phenoxy) is 1. The van der Waals surface area contributed by atoms with E-state index < -0.39 is 17.6 Å². The van der Waals surface area contributed by atoms with E-state index in [0.717, 1.165) is 31.0 Å². The molecule has 21 heavy (non-hydrogen) atoms. The van der Waals surface area contributed by atoms with Gasteiger partial charge in [0.15, 0.2) is 0 Å². The van der Waals surface area contributed by atoms with Gasteiger partial charge >= 0.3 is 5.97 Å². The van der Waals surface area contributed by atoms with Crippen molar-refractivity contribution in [1.82, 2.24) is 4.57 Å². The molecule has 1 aliphatic rings. The maximum Gasteiger partial charge on any atom is 0.355 e. The minimum atomic E-state index is -0.702. The second kappa shape index (κ2) is 5.20. The molecule has 0 aliphatic heterocycles. The monoisotopic (exact) mass is 292 g/mol. The highest BCUT2D eigenvalue weighted by molar-refractivity contribution is 5.89. The van der Waals surface area contributed by atoms with E-state index in [-0.39, 0.29) is 18.2 Å². The van der Waals surface area contributed by atoms with Gasteiger partial charge in [-0.25, -0.2) is 13.6 Å². The fraction of sp³-hybridized carbons (Fsp3) is 0.267. The van der Waals surface area contributed by atoms with Crippen molar-refractivity contribution >= 4 is 11.7 Å². The van der Waals surface area contributed by atoms with Crippen LogP contribution >= 0.6 is 0 Å². The Hall–Kier alpha value is -2.37. The predicted octanol–water partition coefficient (Wildman–Crippen LogP) is 3.04. The van der Waals surface area contributed by atoms with E-state index in [1.807, 2.05) is 0 Å². The fourth-order valence-electron chi connectivity index (χ4n) is 2.24. The summed E-state index contributed by atoms with van der Waals surface area (Å²) in [5.74, 6) is -1.96. The molecule has 4 nitrogen and oxygen atoms in total. The Balaban J connectivity index is 1.71. The highest BCUT2D eigenvalue weighted by Crippen LogP contribution is 2.37. The van der Waals surface area contributed by atoms with Crippen molar-refractivity contribution in [2.45, 2.75) is 25.5 Å². The third-order valence-electron chi connectivity index (χ3n) is 3.31. The topological polar surface area (TPSA) is 57.3 Å². The van der Waals surface area contributed by atoms with Gasteiger partial charge in [-0.1, -0.05) is 0 Å². The first-order valence-electron chi connectivity index (χ1n) is 6.62. The minimum Gasteiger partial charge on any atom is -0.456 e. The summed E-state index contributed by atoms with van der Waals surface area (Å²) >= 11 is 0. The van der Waals surface area contributed by atoms with Gasteiger partial charge in [0, 0.05) is 18.3 Å². The van der Waals surface area contributed by atoms with Gasteiger partial charge in [-0.3, -0.25) is 0 Å². The molecule has 0 atom stereocenters. The average Bonchev–Trinajstić information content (AvgIpc) is 3.18. The van der Waals surface area contributed by atoms with E-state index in [1.54, 1.807) is 16.8 Å². The van der Waals surface area contributed by atoms with Gasteiger partial charge in [-0.2, -0.15) is 0 Å². The Morgan fingerprint density at radius 1 is 1.24 bits per heavy atom. The maximum absolute atomic E-state index is 13.1. The first-order chi connectivity index (χ1) is 10.0. The number of hydrogen-bond acceptors (Lipinski definition) is 3. The van der Waals surface area contributed by atoms with Crippen molar-refractivity contribution in [3.63, 3.8) is 0 Å². The van der Waals surface area contributed by atoms with Crippen LogP contribution in [0.5, 0.6) is 0 Å². The highest BCUT2D eigenvalue weighted by atomic mass is 19.1. The number of halogens is 2. The first kappa shape index (κ1) is 13.6. The molecule has 0 unspecified atom stereocenters. The van der Waals surface area contributed by atoms with Gasteiger partial charge in [0.05, 0.1) is 5.69 Å². The first-order valence-corrected chi connectivity index (χ1v) is 6.62. The molecule has 6 heteroatoms. The lowest BCUT2D eigenvalue weighted by atomic mass is 10.2. The third kappa shape index (κ3) is 3.04. The molecule has 3 rings (SSSR count). The summed E-state index contributed by atoms with van der Waals surface area (Å²) in [6.07, 6.45) is 3.71. The molecule has 1 heterocycles. The molecule has 2 aromatic rings. The molecule has 0 amide bonds. The number of carbonyl (C=O) groups excluding carboxylic acids is 1. The number of anilines is 1. The summed E-state index contributed by atoms with van der Waals surface area (Å²) in [7, 11) is 0. The minimum absolute atomic E-state index is 0.191. The SMILES string of the molecule is Nc1cc(C(=O)OCc2cc(F)cc(F)c2)n(C2CC2)c1. The van der Waals surface area contributed by atoms with Crippen molar-refractivity contribution in [2.75, 3.05) is 5.73 Å². The molecule has 110 valence electrons. The number of benzene rings is 1. The Labute approximate surface area is 120 Å². The quantitative estimate of drug-likeness (QED) is 0.881. The summed E-state index contributed by atoms with van der Waals surface area (Å²) in [6.45, 7) is -0.191. The van der Waals surface area contributed by atoms with Gasteiger partial charge in [0.1, 0.15) is 23.9 Å². The molecule has 1 aromatic carbocycles. The molecular weight excluding hydrogens is 278 g/mol. The van der Waals surface area contributed by atoms with Crippen LogP contribution in [0.4, 0.5) is 14.5 Å². The molecule has 1 saturated carbocycles. The van der Waals surface area contributed by atoms with Crippen molar-refractivity contribution in [2.24, 2.45) is 0 Å². The third-order valence-corrected chi connectivity index (χ3v) is 3.31. The smallest absolute Gasteiger partial charge is 0.355 e. The second-order valence-electron chi connectivity index (χ2n) is 5.15. The number of carbonyl (C=O) groups is 1. The summed E-state index contributed by atoms with van der Waals surface area (Å²) in [5.41, 5.74) is 6.82. The van der Waals surface area contributed by atoms with Gasteiger partial charge < -0.3 is 15.0 Å². The number of rotatable bonds is 4. The van der Waals surface area contributed by atoms with E-state index in [9.17, 15) is 13.6 Å². The van der Waals surface area contributed by atoms with Gasteiger partial charge in [-0.05, 0) is 36.6 Å². The van der Waals surface area contributed by atoms with E-state index in [4.69, 9.17) is 10.5 Å². The molecule has 1 fully saturated rings. The van der Waals surface area contributed by atoms with Crippen LogP contribution < -0.4 is 5.73 Å². The molecule has 2 N–H and O–H groups in total. The van der Waals surface area contributed by atoms with E-state index in [2.05, 4.69) is 0 Å². The number of hydrogen-bond donors (Lipinski definition) is 1. The van der Waals surface area contributed by atoms with Gasteiger partial charge in [-0.15, -0.1) is 0 Å². The van der Waals surface area contributed by atoms with Crippen LogP contribution in [0.2, 0.25) is 0 Å². The lowest BCUT2D eigenvalue weighted by Gasteiger charge is -2.08. The molecular formula is C15H14F2N2O2. The standard InChI is InChI=1S/C15H14F2N2O2/c16-10-3-9(4-11(17)5-10)8-21-15(20)14-6-12(18)7-19(14)13-1-2-13/h3-7,13H,1-2,8,18H2. The van der Waals surface area contributed by atoms with Crippen LogP contribution in [-0.2, 0) is 11.3 Å². The zero-order valence-corrected chi connectivity index (χ0v) is 11.2. The maximum atomic E-state index is 13.1. The molecule has 0 radical (unpaired) electrons. The highest BCUT2D eigenvalue weighted by Gasteiger charge is 2.28. The Bertz CT molecular complexity index is 673. The Kier molecular flexibility index (Phi) is 3.37. The zero-order valence-electron chi connectivity index (χ0n) is 11.2. The van der Waals surface area contributed by atoms with Crippen LogP contribution in [0.25, 0.3) is 0 Å². The second-order valence-corrected chi connectivity index (χ2v) is 5.15. The molecule has 0 saturated heterocycles. The summed E-state index contributed by atoms with van der Waals surface area (Å²) in [4.78, 5) is 12.1.